The summed E-state index contributed by atoms with van der Waals surface area (Å²) in [7, 11) is 0. The van der Waals surface area contributed by atoms with Crippen molar-refractivity contribution in [2.75, 3.05) is 37.6 Å². The summed E-state index contributed by atoms with van der Waals surface area (Å²) in [6.45, 7) is 6.41. The number of fused-ring (bicyclic) bond motifs is 3. The van der Waals surface area contributed by atoms with E-state index in [1.54, 1.807) is 24.3 Å². The van der Waals surface area contributed by atoms with Gasteiger partial charge in [0.05, 0.1) is 12.2 Å². The Kier molecular flexibility index (Phi) is 5.06. The van der Waals surface area contributed by atoms with Crippen LogP contribution in [-0.4, -0.2) is 69.3 Å². The second kappa shape index (κ2) is 8.27. The second-order valence-corrected chi connectivity index (χ2v) is 8.92. The van der Waals surface area contributed by atoms with Crippen LogP contribution in [0.2, 0.25) is 0 Å². The summed E-state index contributed by atoms with van der Waals surface area (Å²) in [5.74, 6) is -0.722. The molecule has 4 aromatic rings. The first-order valence-corrected chi connectivity index (χ1v) is 11.6. The standard InChI is InChI=1S/C24H23N7O4/c1-15-7-8-18(20-19(15)26-35-27-20)29-13-11-28(12-14-29)9-4-10-30-22-21(25-31(30)34)23(32)16-5-2-3-6-17(16)24(22)33/h2-3,5-8H,4,9-14H2,1H3. The van der Waals surface area contributed by atoms with Crippen LogP contribution in [0.25, 0.3) is 11.0 Å². The largest absolute Gasteiger partial charge is 0.571 e. The fourth-order valence-electron chi connectivity index (χ4n) is 4.99. The Bertz CT molecular complexity index is 1470. The van der Waals surface area contributed by atoms with Crippen molar-refractivity contribution in [2.24, 2.45) is 0 Å². The van der Waals surface area contributed by atoms with Gasteiger partial charge < -0.3 is 10.1 Å². The fourth-order valence-corrected chi connectivity index (χ4v) is 4.99. The maximum Gasteiger partial charge on any atom is 0.220 e. The summed E-state index contributed by atoms with van der Waals surface area (Å²) in [6.07, 6.45) is 0.649. The first-order chi connectivity index (χ1) is 17.0. The fraction of sp³-hybridized carbons (Fsp3) is 0.333. The number of carbonyl (C=O) groups is 2. The van der Waals surface area contributed by atoms with Gasteiger partial charge in [0, 0.05) is 53.9 Å². The Morgan fingerprint density at radius 1 is 0.943 bits per heavy atom. The van der Waals surface area contributed by atoms with E-state index in [2.05, 4.69) is 31.3 Å². The molecule has 1 fully saturated rings. The molecule has 35 heavy (non-hydrogen) atoms. The lowest BCUT2D eigenvalue weighted by Gasteiger charge is -2.36. The number of benzene rings is 2. The molecule has 2 aromatic heterocycles. The number of anilines is 1. The van der Waals surface area contributed by atoms with E-state index in [4.69, 9.17) is 4.63 Å². The Balaban J connectivity index is 1.11. The third kappa shape index (κ3) is 3.46. The van der Waals surface area contributed by atoms with Crippen molar-refractivity contribution in [3.8, 4) is 0 Å². The highest BCUT2D eigenvalue weighted by Gasteiger charge is 2.39. The molecular formula is C24H23N7O4. The van der Waals surface area contributed by atoms with E-state index in [-0.39, 0.29) is 23.0 Å². The lowest BCUT2D eigenvalue weighted by molar-refractivity contribution is -0.749. The summed E-state index contributed by atoms with van der Waals surface area (Å²) in [5, 5.41) is 24.4. The molecule has 0 amide bonds. The van der Waals surface area contributed by atoms with Gasteiger partial charge in [-0.2, -0.15) is 0 Å². The number of aryl methyl sites for hydroxylation is 1. The van der Waals surface area contributed by atoms with Gasteiger partial charge in [-0.1, -0.05) is 30.3 Å². The molecule has 0 spiro atoms. The number of hydrogen-bond acceptors (Lipinski definition) is 9. The minimum Gasteiger partial charge on any atom is -0.571 e. The van der Waals surface area contributed by atoms with Gasteiger partial charge in [-0.25, -0.2) is 4.63 Å². The summed E-state index contributed by atoms with van der Waals surface area (Å²) >= 11 is 0. The molecule has 2 aromatic carbocycles. The molecule has 6 rings (SSSR count). The summed E-state index contributed by atoms with van der Waals surface area (Å²) in [4.78, 5) is 30.8. The minimum atomic E-state index is -0.387. The second-order valence-electron chi connectivity index (χ2n) is 8.92. The van der Waals surface area contributed by atoms with E-state index in [9.17, 15) is 14.8 Å². The molecular weight excluding hydrogens is 450 g/mol. The Morgan fingerprint density at radius 3 is 2.43 bits per heavy atom. The molecule has 178 valence electrons. The van der Waals surface area contributed by atoms with Gasteiger partial charge in [-0.15, -0.1) is 4.68 Å². The number of carbonyl (C=O) groups excluding carboxylic acids is 2. The summed E-state index contributed by atoms with van der Waals surface area (Å²) in [6, 6.07) is 10.7. The van der Waals surface area contributed by atoms with Crippen LogP contribution in [0, 0.1) is 12.1 Å². The van der Waals surface area contributed by atoms with Crippen LogP contribution in [0.4, 0.5) is 5.69 Å². The van der Waals surface area contributed by atoms with Gasteiger partial charge in [0.2, 0.25) is 17.3 Å². The van der Waals surface area contributed by atoms with Crippen molar-refractivity contribution in [3.05, 3.63) is 69.7 Å². The van der Waals surface area contributed by atoms with Crippen molar-refractivity contribution in [1.82, 2.24) is 25.0 Å². The number of nitrogens with zero attached hydrogens (tertiary/aromatic N) is 7. The first kappa shape index (κ1) is 21.4. The maximum atomic E-state index is 13.0. The molecule has 0 radical (unpaired) electrons. The van der Waals surface area contributed by atoms with Crippen LogP contribution in [-0.2, 0) is 6.54 Å². The third-order valence-corrected chi connectivity index (χ3v) is 6.87. The SMILES string of the molecule is Cc1ccc(N2CCN(CCCn3c4c(n[n+]3[O-])C(=O)c3ccccc3C4=O)CC2)c2nonc12. The van der Waals surface area contributed by atoms with Gasteiger partial charge in [-0.05, 0) is 35.3 Å². The lowest BCUT2D eigenvalue weighted by atomic mass is 9.90. The van der Waals surface area contributed by atoms with Gasteiger partial charge in [0.25, 0.3) is 0 Å². The number of aromatic nitrogens is 5. The molecule has 1 aliphatic heterocycles. The van der Waals surface area contributed by atoms with Crippen molar-refractivity contribution >= 4 is 28.3 Å². The van der Waals surface area contributed by atoms with E-state index < -0.39 is 0 Å². The zero-order chi connectivity index (χ0) is 24.1. The van der Waals surface area contributed by atoms with Gasteiger partial charge in [-0.3, -0.25) is 14.5 Å². The highest BCUT2D eigenvalue weighted by atomic mass is 16.6. The van der Waals surface area contributed by atoms with Gasteiger partial charge >= 0.3 is 0 Å². The molecule has 11 heteroatoms. The Morgan fingerprint density at radius 2 is 1.66 bits per heavy atom. The minimum absolute atomic E-state index is 0.0657. The number of ketones is 2. The summed E-state index contributed by atoms with van der Waals surface area (Å²) in [5.41, 5.74) is 4.24. The van der Waals surface area contributed by atoms with Crippen LogP contribution in [0.5, 0.6) is 0 Å². The van der Waals surface area contributed by atoms with Crippen molar-refractivity contribution < 1.29 is 19.2 Å². The molecule has 0 saturated carbocycles. The number of hydrogen-bond donors (Lipinski definition) is 0. The predicted molar refractivity (Wildman–Crippen MR) is 124 cm³/mol. The Hall–Kier alpha value is -4.12. The van der Waals surface area contributed by atoms with E-state index in [0.29, 0.717) is 29.1 Å². The Labute approximate surface area is 200 Å². The van der Waals surface area contributed by atoms with Crippen LogP contribution in [0.1, 0.15) is 44.1 Å². The van der Waals surface area contributed by atoms with Gasteiger partial charge in [0.15, 0.2) is 11.2 Å². The number of piperazine rings is 1. The van der Waals surface area contributed by atoms with Gasteiger partial charge in [0.1, 0.15) is 5.52 Å². The van der Waals surface area contributed by atoms with Crippen molar-refractivity contribution in [2.45, 2.75) is 19.9 Å². The molecule has 11 nitrogen and oxygen atoms in total. The van der Waals surface area contributed by atoms with Crippen LogP contribution < -0.4 is 9.86 Å². The molecule has 3 heterocycles. The molecule has 0 atom stereocenters. The van der Waals surface area contributed by atoms with E-state index in [1.807, 2.05) is 13.0 Å². The average molecular weight is 473 g/mol. The van der Waals surface area contributed by atoms with Crippen molar-refractivity contribution in [3.63, 3.8) is 0 Å². The highest BCUT2D eigenvalue weighted by Crippen LogP contribution is 2.28. The number of rotatable bonds is 5. The topological polar surface area (TPSA) is 124 Å². The maximum absolute atomic E-state index is 13.0. The lowest BCUT2D eigenvalue weighted by Crippen LogP contribution is -2.47. The smallest absolute Gasteiger partial charge is 0.220 e. The van der Waals surface area contributed by atoms with Crippen LogP contribution in [0.3, 0.4) is 0 Å². The predicted octanol–water partition coefficient (Wildman–Crippen LogP) is 1.35. The normalized spacial score (nSPS) is 16.1. The van der Waals surface area contributed by atoms with Crippen LogP contribution in [0.15, 0.2) is 41.0 Å². The highest BCUT2D eigenvalue weighted by molar-refractivity contribution is 6.26. The quantitative estimate of drug-likeness (QED) is 0.275. The first-order valence-electron chi connectivity index (χ1n) is 11.6. The monoisotopic (exact) mass is 473 g/mol. The average Bonchev–Trinajstić information content (AvgIpc) is 3.50. The zero-order valence-electron chi connectivity index (χ0n) is 19.2. The third-order valence-electron chi connectivity index (χ3n) is 6.87. The van der Waals surface area contributed by atoms with E-state index in [0.717, 1.165) is 55.0 Å². The zero-order valence-corrected chi connectivity index (χ0v) is 19.2. The molecule has 1 aliphatic carbocycles. The van der Waals surface area contributed by atoms with E-state index in [1.165, 1.54) is 4.68 Å². The molecule has 1 saturated heterocycles. The summed E-state index contributed by atoms with van der Waals surface area (Å²) < 4.78 is 6.23. The van der Waals surface area contributed by atoms with E-state index >= 15 is 0 Å². The van der Waals surface area contributed by atoms with Crippen molar-refractivity contribution in [1.29, 1.82) is 0 Å². The molecule has 0 unspecified atom stereocenters. The molecule has 0 N–H and O–H groups in total. The van der Waals surface area contributed by atoms with Crippen LogP contribution >= 0.6 is 0 Å². The molecule has 2 aliphatic rings. The molecule has 0 bridgehead atoms.